The average molecular weight is 390 g/mol. The smallest absolute Gasteiger partial charge is 0.252 e. The summed E-state index contributed by atoms with van der Waals surface area (Å²) in [4.78, 5) is 9.43. The van der Waals surface area contributed by atoms with E-state index in [1.54, 1.807) is 6.20 Å². The molecule has 1 aromatic heterocycles. The van der Waals surface area contributed by atoms with Gasteiger partial charge in [-0.25, -0.2) is 4.98 Å². The Balaban J connectivity index is 1.85. The Morgan fingerprint density at radius 1 is 0.690 bits per heavy atom. The summed E-state index contributed by atoms with van der Waals surface area (Å²) in [5.41, 5.74) is 4.79. The molecule has 29 heavy (non-hydrogen) atoms. The Morgan fingerprint density at radius 3 is 2.00 bits per heavy atom. The van der Waals surface area contributed by atoms with Crippen LogP contribution in [0.15, 0.2) is 85.1 Å². The van der Waals surface area contributed by atoms with E-state index in [1.807, 2.05) is 61.5 Å². The van der Waals surface area contributed by atoms with Gasteiger partial charge in [0.2, 0.25) is 0 Å². The predicted molar refractivity (Wildman–Crippen MR) is 108 cm³/mol. The third-order valence-electron chi connectivity index (χ3n) is 4.73. The zero-order valence-electron chi connectivity index (χ0n) is 15.6. The number of aromatic nitrogens is 2. The van der Waals surface area contributed by atoms with Crippen LogP contribution in [0.1, 0.15) is 11.1 Å². The Bertz CT molecular complexity index is 1130. The summed E-state index contributed by atoms with van der Waals surface area (Å²) in [5, 5.41) is 0. The van der Waals surface area contributed by atoms with Crippen LogP contribution in [0.4, 0.5) is 13.2 Å². The molecular formula is C24H17F3N2. The summed E-state index contributed by atoms with van der Waals surface area (Å²) < 4.78 is 38.6. The predicted octanol–water partition coefficient (Wildman–Crippen LogP) is 6.80. The first kappa shape index (κ1) is 18.9. The highest BCUT2D eigenvalue weighted by Gasteiger charge is 2.30. The Hall–Kier alpha value is -3.47. The second-order valence-corrected chi connectivity index (χ2v) is 6.71. The number of nitrogens with zero attached hydrogens (tertiary/aromatic N) is 2. The van der Waals surface area contributed by atoms with Crippen LogP contribution >= 0.6 is 0 Å². The number of benzene rings is 3. The van der Waals surface area contributed by atoms with E-state index in [0.717, 1.165) is 34.5 Å². The maximum absolute atomic E-state index is 12.9. The van der Waals surface area contributed by atoms with E-state index in [9.17, 15) is 13.2 Å². The van der Waals surface area contributed by atoms with E-state index >= 15 is 0 Å². The van der Waals surface area contributed by atoms with Gasteiger partial charge in [0.1, 0.15) is 0 Å². The van der Waals surface area contributed by atoms with Gasteiger partial charge in [-0.2, -0.15) is 13.2 Å². The summed E-state index contributed by atoms with van der Waals surface area (Å²) in [6.45, 7) is 2.01. The lowest BCUT2D eigenvalue weighted by atomic mass is 10.00. The molecule has 0 aliphatic carbocycles. The van der Waals surface area contributed by atoms with Gasteiger partial charge in [0, 0.05) is 16.7 Å². The molecule has 0 amide bonds. The van der Waals surface area contributed by atoms with Crippen molar-refractivity contribution in [3.05, 3.63) is 96.2 Å². The second-order valence-electron chi connectivity index (χ2n) is 6.71. The van der Waals surface area contributed by atoms with Crippen LogP contribution in [0, 0.1) is 6.92 Å². The molecule has 144 valence electrons. The minimum atomic E-state index is -4.37. The Kier molecular flexibility index (Phi) is 4.89. The minimum Gasteiger partial charge on any atom is -0.252 e. The summed E-state index contributed by atoms with van der Waals surface area (Å²) >= 11 is 0. The van der Waals surface area contributed by atoms with Gasteiger partial charge in [-0.15, -0.1) is 0 Å². The molecule has 5 heteroatoms. The van der Waals surface area contributed by atoms with E-state index in [-0.39, 0.29) is 0 Å². The second kappa shape index (κ2) is 7.51. The molecule has 0 aliphatic heterocycles. The third-order valence-corrected chi connectivity index (χ3v) is 4.73. The highest BCUT2D eigenvalue weighted by Crippen LogP contribution is 2.34. The number of aryl methyl sites for hydroxylation is 1. The molecule has 0 saturated carbocycles. The zero-order chi connectivity index (χ0) is 20.4. The molecule has 1 heterocycles. The fourth-order valence-corrected chi connectivity index (χ4v) is 3.19. The molecule has 0 radical (unpaired) electrons. The molecule has 0 bridgehead atoms. The van der Waals surface area contributed by atoms with Gasteiger partial charge in [0.15, 0.2) is 0 Å². The number of hydrogen-bond donors (Lipinski definition) is 0. The lowest BCUT2D eigenvalue weighted by Gasteiger charge is -2.13. The van der Waals surface area contributed by atoms with Crippen LogP contribution in [-0.4, -0.2) is 9.97 Å². The van der Waals surface area contributed by atoms with E-state index in [2.05, 4.69) is 4.98 Å². The van der Waals surface area contributed by atoms with Crippen molar-refractivity contribution in [1.29, 1.82) is 0 Å². The Labute approximate surface area is 166 Å². The fourth-order valence-electron chi connectivity index (χ4n) is 3.19. The highest BCUT2D eigenvalue weighted by molar-refractivity contribution is 5.81. The van der Waals surface area contributed by atoms with Gasteiger partial charge in [-0.05, 0) is 24.6 Å². The van der Waals surface area contributed by atoms with E-state index in [0.29, 0.717) is 17.0 Å². The number of rotatable bonds is 3. The van der Waals surface area contributed by atoms with Crippen LogP contribution in [0.5, 0.6) is 0 Å². The first-order valence-corrected chi connectivity index (χ1v) is 9.09. The van der Waals surface area contributed by atoms with Gasteiger partial charge in [0.25, 0.3) is 0 Å². The molecule has 4 rings (SSSR count). The van der Waals surface area contributed by atoms with Crippen molar-refractivity contribution >= 4 is 0 Å². The van der Waals surface area contributed by atoms with Crippen LogP contribution in [0.25, 0.3) is 33.8 Å². The maximum Gasteiger partial charge on any atom is 0.416 e. The highest BCUT2D eigenvalue weighted by atomic mass is 19.4. The standard InChI is InChI=1S/C24H17F3N2/c1-16-7-5-6-10-20(16)23-22(18-8-3-2-4-9-18)29-21(15-28-23)17-11-13-19(14-12-17)24(25,26)27/h2-15H,1H3. The van der Waals surface area contributed by atoms with Gasteiger partial charge in [-0.1, -0.05) is 66.7 Å². The van der Waals surface area contributed by atoms with Crippen LogP contribution < -0.4 is 0 Å². The van der Waals surface area contributed by atoms with Crippen molar-refractivity contribution in [3.63, 3.8) is 0 Å². The van der Waals surface area contributed by atoms with Crippen molar-refractivity contribution in [1.82, 2.24) is 9.97 Å². The molecule has 3 aromatic carbocycles. The third kappa shape index (κ3) is 3.90. The average Bonchev–Trinajstić information content (AvgIpc) is 2.74. The largest absolute Gasteiger partial charge is 0.416 e. The van der Waals surface area contributed by atoms with Crippen LogP contribution in [-0.2, 0) is 6.18 Å². The number of alkyl halides is 3. The molecule has 0 aliphatic rings. The molecule has 0 fully saturated rings. The lowest BCUT2D eigenvalue weighted by Crippen LogP contribution is -2.04. The first-order valence-electron chi connectivity index (χ1n) is 9.09. The molecule has 0 unspecified atom stereocenters. The molecule has 0 atom stereocenters. The van der Waals surface area contributed by atoms with Crippen molar-refractivity contribution in [3.8, 4) is 33.8 Å². The maximum atomic E-state index is 12.9. The van der Waals surface area contributed by atoms with Gasteiger partial charge in [-0.3, -0.25) is 4.98 Å². The van der Waals surface area contributed by atoms with Gasteiger partial charge < -0.3 is 0 Å². The minimum absolute atomic E-state index is 0.523. The van der Waals surface area contributed by atoms with Crippen LogP contribution in [0.3, 0.4) is 0 Å². The monoisotopic (exact) mass is 390 g/mol. The number of halogens is 3. The van der Waals surface area contributed by atoms with Crippen LogP contribution in [0.2, 0.25) is 0 Å². The fraction of sp³-hybridized carbons (Fsp3) is 0.0833. The molecule has 0 saturated heterocycles. The summed E-state index contributed by atoms with van der Waals surface area (Å²) in [5.74, 6) is 0. The van der Waals surface area contributed by atoms with Crippen molar-refractivity contribution in [2.75, 3.05) is 0 Å². The quantitative estimate of drug-likeness (QED) is 0.384. The summed E-state index contributed by atoms with van der Waals surface area (Å²) in [6, 6.07) is 22.5. The molecule has 2 nitrogen and oxygen atoms in total. The normalized spacial score (nSPS) is 11.4. The molecule has 0 spiro atoms. The molecular weight excluding hydrogens is 373 g/mol. The summed E-state index contributed by atoms with van der Waals surface area (Å²) in [7, 11) is 0. The first-order chi connectivity index (χ1) is 13.9. The SMILES string of the molecule is Cc1ccccc1-c1ncc(-c2ccc(C(F)(F)F)cc2)nc1-c1ccccc1. The van der Waals surface area contributed by atoms with E-state index < -0.39 is 11.7 Å². The summed E-state index contributed by atoms with van der Waals surface area (Å²) in [6.07, 6.45) is -2.76. The van der Waals surface area contributed by atoms with Crippen molar-refractivity contribution < 1.29 is 13.2 Å². The zero-order valence-corrected chi connectivity index (χ0v) is 15.6. The molecule has 4 aromatic rings. The molecule has 0 N–H and O–H groups in total. The van der Waals surface area contributed by atoms with Gasteiger partial charge in [0.05, 0.1) is 28.8 Å². The van der Waals surface area contributed by atoms with Crippen molar-refractivity contribution in [2.45, 2.75) is 13.1 Å². The van der Waals surface area contributed by atoms with E-state index in [1.165, 1.54) is 12.1 Å². The van der Waals surface area contributed by atoms with Gasteiger partial charge >= 0.3 is 6.18 Å². The Morgan fingerprint density at radius 2 is 1.34 bits per heavy atom. The lowest BCUT2D eigenvalue weighted by molar-refractivity contribution is -0.137. The van der Waals surface area contributed by atoms with E-state index in [4.69, 9.17) is 4.98 Å². The number of hydrogen-bond acceptors (Lipinski definition) is 2. The van der Waals surface area contributed by atoms with Crippen molar-refractivity contribution in [2.24, 2.45) is 0 Å². The topological polar surface area (TPSA) is 25.8 Å².